The first kappa shape index (κ1) is 20.9. The van der Waals surface area contributed by atoms with Crippen molar-refractivity contribution in [1.29, 1.82) is 0 Å². The van der Waals surface area contributed by atoms with Crippen LogP contribution in [0.15, 0.2) is 53.1 Å². The van der Waals surface area contributed by atoms with Gasteiger partial charge in [0.1, 0.15) is 11.8 Å². The molecule has 1 aliphatic heterocycles. The highest BCUT2D eigenvalue weighted by Crippen LogP contribution is 2.34. The number of rotatable bonds is 4. The van der Waals surface area contributed by atoms with Crippen molar-refractivity contribution in [3.63, 3.8) is 0 Å². The Kier molecular flexibility index (Phi) is 5.67. The molecule has 1 saturated heterocycles. The zero-order valence-corrected chi connectivity index (χ0v) is 16.7. The van der Waals surface area contributed by atoms with Crippen LogP contribution < -0.4 is 4.74 Å². The fourth-order valence-electron chi connectivity index (χ4n) is 3.65. The summed E-state index contributed by atoms with van der Waals surface area (Å²) in [5.74, 6) is 0.972. The number of hydrogen-bond acceptors (Lipinski definition) is 5. The van der Waals surface area contributed by atoms with Gasteiger partial charge in [-0.1, -0.05) is 17.3 Å². The number of likely N-dealkylation sites (tertiary alicyclic amines) is 1. The van der Waals surface area contributed by atoms with Crippen molar-refractivity contribution in [3.05, 3.63) is 65.5 Å². The normalized spacial score (nSPS) is 16.9. The zero-order chi connectivity index (χ0) is 22.0. The molecule has 31 heavy (non-hydrogen) atoms. The van der Waals surface area contributed by atoms with Gasteiger partial charge in [-0.2, -0.15) is 18.2 Å². The molecule has 1 fully saturated rings. The van der Waals surface area contributed by atoms with Crippen LogP contribution in [0.2, 0.25) is 0 Å². The minimum Gasteiger partial charge on any atom is -0.497 e. The number of alkyl halides is 3. The lowest BCUT2D eigenvalue weighted by atomic mass is 10.00. The zero-order valence-electron chi connectivity index (χ0n) is 16.7. The maximum Gasteiger partial charge on any atom is 0.416 e. The van der Waals surface area contributed by atoms with Gasteiger partial charge >= 0.3 is 6.18 Å². The van der Waals surface area contributed by atoms with Gasteiger partial charge in [-0.3, -0.25) is 4.79 Å². The van der Waals surface area contributed by atoms with E-state index < -0.39 is 17.8 Å². The fourth-order valence-corrected chi connectivity index (χ4v) is 3.65. The van der Waals surface area contributed by atoms with Crippen molar-refractivity contribution in [2.75, 3.05) is 13.7 Å². The number of amides is 1. The summed E-state index contributed by atoms with van der Waals surface area (Å²) in [6, 6.07) is 11.0. The van der Waals surface area contributed by atoms with E-state index in [-0.39, 0.29) is 11.5 Å². The number of nitrogens with zero attached hydrogens (tertiary/aromatic N) is 3. The minimum atomic E-state index is -4.45. The van der Waals surface area contributed by atoms with Gasteiger partial charge in [0.15, 0.2) is 0 Å². The first-order chi connectivity index (χ1) is 14.9. The van der Waals surface area contributed by atoms with Crippen molar-refractivity contribution in [3.8, 4) is 17.1 Å². The maximum atomic E-state index is 13.0. The maximum absolute atomic E-state index is 13.0. The Bertz CT molecular complexity index is 1060. The molecule has 0 aliphatic carbocycles. The molecule has 9 heteroatoms. The number of methoxy groups -OCH3 is 1. The highest BCUT2D eigenvalue weighted by molar-refractivity contribution is 5.94. The first-order valence-electron chi connectivity index (χ1n) is 9.83. The van der Waals surface area contributed by atoms with E-state index in [0.29, 0.717) is 36.0 Å². The second-order valence-electron chi connectivity index (χ2n) is 7.27. The third-order valence-electron chi connectivity index (χ3n) is 5.28. The topological polar surface area (TPSA) is 68.5 Å². The van der Waals surface area contributed by atoms with Gasteiger partial charge < -0.3 is 14.2 Å². The summed E-state index contributed by atoms with van der Waals surface area (Å²) in [5, 5.41) is 4.04. The molecule has 3 aromatic rings. The predicted molar refractivity (Wildman–Crippen MR) is 105 cm³/mol. The molecule has 2 aromatic carbocycles. The van der Waals surface area contributed by atoms with E-state index in [1.165, 1.54) is 12.1 Å². The lowest BCUT2D eigenvalue weighted by molar-refractivity contribution is -0.137. The average Bonchev–Trinajstić information content (AvgIpc) is 3.28. The number of hydrogen-bond donors (Lipinski definition) is 0. The Morgan fingerprint density at radius 2 is 1.94 bits per heavy atom. The second-order valence-corrected chi connectivity index (χ2v) is 7.27. The fraction of sp³-hybridized carbons (Fsp3) is 0.318. The lowest BCUT2D eigenvalue weighted by Crippen LogP contribution is -2.38. The third-order valence-corrected chi connectivity index (χ3v) is 5.28. The number of ether oxygens (including phenoxy) is 1. The number of aromatic nitrogens is 2. The van der Waals surface area contributed by atoms with E-state index in [1.807, 2.05) is 12.1 Å². The Morgan fingerprint density at radius 1 is 1.16 bits per heavy atom. The van der Waals surface area contributed by atoms with Crippen molar-refractivity contribution in [1.82, 2.24) is 15.0 Å². The van der Waals surface area contributed by atoms with Crippen molar-refractivity contribution >= 4 is 5.91 Å². The van der Waals surface area contributed by atoms with Gasteiger partial charge in [-0.05, 0) is 55.7 Å². The van der Waals surface area contributed by atoms with Gasteiger partial charge in [-0.25, -0.2) is 0 Å². The molecule has 0 saturated carbocycles. The molecule has 0 spiro atoms. The average molecular weight is 431 g/mol. The second kappa shape index (κ2) is 8.41. The Hall–Kier alpha value is -3.36. The van der Waals surface area contributed by atoms with Gasteiger partial charge in [0.25, 0.3) is 5.91 Å². The molecule has 4 rings (SSSR count). The molecular formula is C22H20F3N3O3. The Labute approximate surface area is 176 Å². The molecule has 1 aliphatic rings. The van der Waals surface area contributed by atoms with Crippen molar-refractivity contribution in [2.45, 2.75) is 31.5 Å². The highest BCUT2D eigenvalue weighted by Gasteiger charge is 2.34. The molecular weight excluding hydrogens is 411 g/mol. The van der Waals surface area contributed by atoms with Gasteiger partial charge in [0.2, 0.25) is 11.7 Å². The Morgan fingerprint density at radius 3 is 2.65 bits per heavy atom. The molecule has 0 bridgehead atoms. The molecule has 0 N–H and O–H groups in total. The predicted octanol–water partition coefficient (Wildman–Crippen LogP) is 5.13. The van der Waals surface area contributed by atoms with Crippen LogP contribution in [0.3, 0.4) is 0 Å². The summed E-state index contributed by atoms with van der Waals surface area (Å²) < 4.78 is 49.1. The van der Waals surface area contributed by atoms with Crippen LogP contribution in [0.1, 0.15) is 47.1 Å². The van der Waals surface area contributed by atoms with Crippen LogP contribution in [0.25, 0.3) is 11.4 Å². The van der Waals surface area contributed by atoms with Crippen molar-refractivity contribution < 1.29 is 27.2 Å². The van der Waals surface area contributed by atoms with Gasteiger partial charge in [-0.15, -0.1) is 0 Å². The molecule has 0 radical (unpaired) electrons. The quantitative estimate of drug-likeness (QED) is 0.573. The molecule has 1 unspecified atom stereocenters. The number of piperidine rings is 1. The van der Waals surface area contributed by atoms with E-state index in [1.54, 1.807) is 24.1 Å². The molecule has 1 aromatic heterocycles. The summed E-state index contributed by atoms with van der Waals surface area (Å²) in [7, 11) is 1.56. The molecule has 162 valence electrons. The highest BCUT2D eigenvalue weighted by atomic mass is 19.4. The number of carbonyl (C=O) groups excluding carboxylic acids is 1. The van der Waals surface area contributed by atoms with E-state index in [2.05, 4.69) is 10.1 Å². The monoisotopic (exact) mass is 431 g/mol. The largest absolute Gasteiger partial charge is 0.497 e. The van der Waals surface area contributed by atoms with Gasteiger partial charge in [0, 0.05) is 17.7 Å². The SMILES string of the molecule is COc1cccc(-c2noc(C3CCCCN3C(=O)c3ccc(C(F)(F)F)cc3)n2)c1. The number of benzene rings is 2. The van der Waals surface area contributed by atoms with Crippen LogP contribution in [-0.4, -0.2) is 34.6 Å². The summed E-state index contributed by atoms with van der Waals surface area (Å²) in [5.41, 5.74) is 0.109. The standard InChI is InChI=1S/C22H20F3N3O3/c1-30-17-6-4-5-15(13-17)19-26-20(31-27-19)18-7-2-3-12-28(18)21(29)14-8-10-16(11-9-14)22(23,24)25/h4-6,8-11,13,18H,2-3,7,12H2,1H3. The lowest BCUT2D eigenvalue weighted by Gasteiger charge is -2.33. The van der Waals surface area contributed by atoms with Crippen LogP contribution in [0.5, 0.6) is 5.75 Å². The molecule has 6 nitrogen and oxygen atoms in total. The summed E-state index contributed by atoms with van der Waals surface area (Å²) in [6.45, 7) is 0.460. The molecule has 1 amide bonds. The van der Waals surface area contributed by atoms with Crippen LogP contribution >= 0.6 is 0 Å². The smallest absolute Gasteiger partial charge is 0.416 e. The first-order valence-corrected chi connectivity index (χ1v) is 9.83. The molecule has 1 atom stereocenters. The third kappa shape index (κ3) is 4.40. The van der Waals surface area contributed by atoms with Crippen LogP contribution in [0.4, 0.5) is 13.2 Å². The minimum absolute atomic E-state index is 0.187. The van der Waals surface area contributed by atoms with Crippen molar-refractivity contribution in [2.24, 2.45) is 0 Å². The summed E-state index contributed by atoms with van der Waals surface area (Å²) in [4.78, 5) is 19.1. The van der Waals surface area contributed by atoms with E-state index in [9.17, 15) is 18.0 Å². The number of carbonyl (C=O) groups is 1. The van der Waals surface area contributed by atoms with Crippen LogP contribution in [0, 0.1) is 0 Å². The van der Waals surface area contributed by atoms with Gasteiger partial charge in [0.05, 0.1) is 12.7 Å². The Balaban J connectivity index is 1.58. The summed E-state index contributed by atoms with van der Waals surface area (Å²) in [6.07, 6.45) is -2.15. The number of halogens is 3. The van der Waals surface area contributed by atoms with E-state index >= 15 is 0 Å². The van der Waals surface area contributed by atoms with Crippen LogP contribution in [-0.2, 0) is 6.18 Å². The summed E-state index contributed by atoms with van der Waals surface area (Å²) >= 11 is 0. The van der Waals surface area contributed by atoms with E-state index in [4.69, 9.17) is 9.26 Å². The van der Waals surface area contributed by atoms with E-state index in [0.717, 1.165) is 25.0 Å². The molecule has 2 heterocycles.